The Labute approximate surface area is 198 Å². The number of hydrogen-bond acceptors (Lipinski definition) is 6. The normalized spacial score (nSPS) is 16.0. The van der Waals surface area contributed by atoms with Gasteiger partial charge in [-0.1, -0.05) is 30.7 Å². The standard InChI is InChI=1S/C23H30ClN5S2/c1-3-30-13-8-22-15-26-23(31-22)28-11-9-27(10-12-28)16-21-14-25-17-29(21)18(2)19-4-6-20(24)7-5-19/h4-7,14-15,17-18H,3,8-13,16H2,1-2H3. The number of thiazole rings is 1. The summed E-state index contributed by atoms with van der Waals surface area (Å²) < 4.78 is 2.27. The molecule has 3 heterocycles. The van der Waals surface area contributed by atoms with Gasteiger partial charge in [0.05, 0.1) is 18.1 Å². The van der Waals surface area contributed by atoms with E-state index in [0.29, 0.717) is 0 Å². The molecular formula is C23H30ClN5S2. The maximum Gasteiger partial charge on any atom is 0.185 e. The second-order valence-corrected chi connectivity index (χ2v) is 10.8. The highest BCUT2D eigenvalue weighted by Crippen LogP contribution is 2.26. The van der Waals surface area contributed by atoms with Crippen LogP contribution in [0.5, 0.6) is 0 Å². The van der Waals surface area contributed by atoms with Crippen LogP contribution in [0.2, 0.25) is 5.02 Å². The van der Waals surface area contributed by atoms with E-state index < -0.39 is 0 Å². The molecule has 1 atom stereocenters. The molecule has 1 aliphatic rings. The zero-order valence-corrected chi connectivity index (χ0v) is 20.6. The third-order valence-corrected chi connectivity index (χ3v) is 8.05. The molecule has 4 rings (SSSR count). The number of imidazole rings is 1. The molecular weight excluding hydrogens is 446 g/mol. The Morgan fingerprint density at radius 1 is 1.13 bits per heavy atom. The number of thioether (sulfide) groups is 1. The number of halogens is 1. The predicted molar refractivity (Wildman–Crippen MR) is 134 cm³/mol. The average Bonchev–Trinajstić information content (AvgIpc) is 3.44. The molecule has 1 aliphatic heterocycles. The molecule has 0 spiro atoms. The Morgan fingerprint density at radius 3 is 2.65 bits per heavy atom. The van der Waals surface area contributed by atoms with E-state index >= 15 is 0 Å². The lowest BCUT2D eigenvalue weighted by Gasteiger charge is -2.34. The molecule has 2 aromatic heterocycles. The zero-order chi connectivity index (χ0) is 21.6. The van der Waals surface area contributed by atoms with Gasteiger partial charge in [0.25, 0.3) is 0 Å². The minimum atomic E-state index is 0.232. The first-order valence-electron chi connectivity index (χ1n) is 10.9. The van der Waals surface area contributed by atoms with Crippen LogP contribution in [0.15, 0.2) is 43.0 Å². The predicted octanol–water partition coefficient (Wildman–Crippen LogP) is 5.22. The average molecular weight is 476 g/mol. The highest BCUT2D eigenvalue weighted by Gasteiger charge is 2.21. The van der Waals surface area contributed by atoms with Crippen molar-refractivity contribution in [3.63, 3.8) is 0 Å². The van der Waals surface area contributed by atoms with Gasteiger partial charge in [0.1, 0.15) is 0 Å². The minimum absolute atomic E-state index is 0.232. The molecule has 1 aromatic carbocycles. The van der Waals surface area contributed by atoms with E-state index in [1.807, 2.05) is 47.8 Å². The number of anilines is 1. The fourth-order valence-corrected chi connectivity index (χ4v) is 5.78. The lowest BCUT2D eigenvalue weighted by molar-refractivity contribution is 0.243. The van der Waals surface area contributed by atoms with E-state index in [0.717, 1.165) is 44.2 Å². The van der Waals surface area contributed by atoms with Crippen LogP contribution in [-0.4, -0.2) is 57.1 Å². The summed E-state index contributed by atoms with van der Waals surface area (Å²) in [4.78, 5) is 15.5. The maximum atomic E-state index is 6.05. The van der Waals surface area contributed by atoms with E-state index in [-0.39, 0.29) is 6.04 Å². The quantitative estimate of drug-likeness (QED) is 0.396. The highest BCUT2D eigenvalue weighted by atomic mass is 35.5. The van der Waals surface area contributed by atoms with Gasteiger partial charge < -0.3 is 9.47 Å². The molecule has 0 radical (unpaired) electrons. The molecule has 31 heavy (non-hydrogen) atoms. The summed E-state index contributed by atoms with van der Waals surface area (Å²) in [6.07, 6.45) is 7.14. The van der Waals surface area contributed by atoms with Crippen molar-refractivity contribution in [2.45, 2.75) is 32.9 Å². The Hall–Kier alpha value is -1.54. The van der Waals surface area contributed by atoms with Crippen LogP contribution >= 0.6 is 34.7 Å². The first-order valence-corrected chi connectivity index (χ1v) is 13.2. The number of benzene rings is 1. The summed E-state index contributed by atoms with van der Waals surface area (Å²) in [6.45, 7) is 9.49. The van der Waals surface area contributed by atoms with Crippen molar-refractivity contribution < 1.29 is 0 Å². The molecule has 8 heteroatoms. The molecule has 0 aliphatic carbocycles. The molecule has 1 unspecified atom stereocenters. The second-order valence-electron chi connectivity index (χ2n) is 7.84. The maximum absolute atomic E-state index is 6.05. The summed E-state index contributed by atoms with van der Waals surface area (Å²) in [5.74, 6) is 2.37. The molecule has 1 fully saturated rings. The van der Waals surface area contributed by atoms with Gasteiger partial charge in [-0.25, -0.2) is 9.97 Å². The van der Waals surface area contributed by atoms with Crippen LogP contribution in [-0.2, 0) is 13.0 Å². The number of piperazine rings is 1. The molecule has 0 bridgehead atoms. The molecule has 3 aromatic rings. The van der Waals surface area contributed by atoms with Crippen molar-refractivity contribution in [1.29, 1.82) is 0 Å². The van der Waals surface area contributed by atoms with Gasteiger partial charge in [0.15, 0.2) is 5.13 Å². The van der Waals surface area contributed by atoms with Gasteiger partial charge in [-0.15, -0.1) is 11.3 Å². The molecule has 1 saturated heterocycles. The number of rotatable bonds is 9. The molecule has 0 saturated carbocycles. The van der Waals surface area contributed by atoms with Gasteiger partial charge >= 0.3 is 0 Å². The number of aryl methyl sites for hydroxylation is 1. The van der Waals surface area contributed by atoms with E-state index in [2.05, 4.69) is 56.5 Å². The van der Waals surface area contributed by atoms with Gasteiger partial charge in [-0.05, 0) is 42.5 Å². The molecule has 5 nitrogen and oxygen atoms in total. The van der Waals surface area contributed by atoms with Crippen molar-refractivity contribution in [3.8, 4) is 0 Å². The first kappa shape index (κ1) is 22.6. The number of aromatic nitrogens is 3. The summed E-state index contributed by atoms with van der Waals surface area (Å²) in [6, 6.07) is 8.33. The SMILES string of the molecule is CCSCCc1cnc(N2CCN(Cc3cncn3C(C)c3ccc(Cl)cc3)CC2)s1. The van der Waals surface area contributed by atoms with Crippen LogP contribution in [0.3, 0.4) is 0 Å². The van der Waals surface area contributed by atoms with Crippen LogP contribution in [0.25, 0.3) is 0 Å². The Balaban J connectivity index is 1.32. The van der Waals surface area contributed by atoms with Crippen molar-refractivity contribution in [2.75, 3.05) is 42.6 Å². The summed E-state index contributed by atoms with van der Waals surface area (Å²) in [5, 5.41) is 1.95. The third-order valence-electron chi connectivity index (χ3n) is 5.78. The Bertz CT molecular complexity index is 947. The van der Waals surface area contributed by atoms with E-state index in [9.17, 15) is 0 Å². The van der Waals surface area contributed by atoms with Crippen molar-refractivity contribution in [1.82, 2.24) is 19.4 Å². The summed E-state index contributed by atoms with van der Waals surface area (Å²) in [7, 11) is 0. The van der Waals surface area contributed by atoms with E-state index in [4.69, 9.17) is 11.6 Å². The topological polar surface area (TPSA) is 37.2 Å². The van der Waals surface area contributed by atoms with Gasteiger partial charge in [-0.2, -0.15) is 11.8 Å². The number of hydrogen-bond donors (Lipinski definition) is 0. The van der Waals surface area contributed by atoms with Crippen LogP contribution in [0, 0.1) is 0 Å². The van der Waals surface area contributed by atoms with E-state index in [1.54, 1.807) is 0 Å². The van der Waals surface area contributed by atoms with Gasteiger partial charge in [0.2, 0.25) is 0 Å². The van der Waals surface area contributed by atoms with Crippen LogP contribution < -0.4 is 4.90 Å². The zero-order valence-electron chi connectivity index (χ0n) is 18.2. The lowest BCUT2D eigenvalue weighted by atomic mass is 10.1. The fraction of sp³-hybridized carbons (Fsp3) is 0.478. The summed E-state index contributed by atoms with van der Waals surface area (Å²) in [5.41, 5.74) is 2.49. The van der Waals surface area contributed by atoms with Crippen molar-refractivity contribution in [2.24, 2.45) is 0 Å². The molecule has 166 valence electrons. The smallest absolute Gasteiger partial charge is 0.185 e. The monoisotopic (exact) mass is 475 g/mol. The Morgan fingerprint density at radius 2 is 1.90 bits per heavy atom. The molecule has 0 N–H and O–H groups in total. The van der Waals surface area contributed by atoms with Gasteiger partial charge in [-0.3, -0.25) is 4.90 Å². The summed E-state index contributed by atoms with van der Waals surface area (Å²) >= 11 is 9.91. The number of nitrogens with zero attached hydrogens (tertiary/aromatic N) is 5. The third kappa shape index (κ3) is 5.83. The van der Waals surface area contributed by atoms with Crippen LogP contribution in [0.1, 0.15) is 36.0 Å². The minimum Gasteiger partial charge on any atom is -0.346 e. The Kier molecular flexibility index (Phi) is 7.93. The van der Waals surface area contributed by atoms with Crippen molar-refractivity contribution >= 4 is 39.8 Å². The largest absolute Gasteiger partial charge is 0.346 e. The second kappa shape index (κ2) is 10.9. The highest BCUT2D eigenvalue weighted by molar-refractivity contribution is 7.99. The van der Waals surface area contributed by atoms with Crippen LogP contribution in [0.4, 0.5) is 5.13 Å². The molecule has 0 amide bonds. The van der Waals surface area contributed by atoms with Crippen molar-refractivity contribution in [3.05, 3.63) is 64.1 Å². The fourth-order valence-electron chi connectivity index (χ4n) is 3.91. The first-order chi connectivity index (χ1) is 15.1. The van der Waals surface area contributed by atoms with E-state index in [1.165, 1.54) is 32.8 Å². The van der Waals surface area contributed by atoms with Gasteiger partial charge in [0, 0.05) is 55.0 Å². The lowest BCUT2D eigenvalue weighted by Crippen LogP contribution is -2.46.